The van der Waals surface area contributed by atoms with Crippen molar-refractivity contribution < 1.29 is 19.1 Å². The number of ether oxygens (including phenoxy) is 2. The molecule has 6 nitrogen and oxygen atoms in total. The Morgan fingerprint density at radius 3 is 2.23 bits per heavy atom. The maximum absolute atomic E-state index is 13.0. The van der Waals surface area contributed by atoms with E-state index in [2.05, 4.69) is 5.32 Å². The highest BCUT2D eigenvalue weighted by Crippen LogP contribution is 2.17. The third kappa shape index (κ3) is 8.32. The molecule has 2 aromatic carbocycles. The van der Waals surface area contributed by atoms with Crippen molar-refractivity contribution in [2.75, 3.05) is 20.3 Å². The number of carbonyl (C=O) groups is 2. The van der Waals surface area contributed by atoms with Crippen molar-refractivity contribution in [2.24, 2.45) is 0 Å². The van der Waals surface area contributed by atoms with E-state index in [0.717, 1.165) is 17.1 Å². The molecule has 0 aliphatic rings. The summed E-state index contributed by atoms with van der Waals surface area (Å²) in [4.78, 5) is 27.2. The van der Waals surface area contributed by atoms with E-state index in [1.165, 1.54) is 0 Å². The van der Waals surface area contributed by atoms with Crippen LogP contribution in [0, 0.1) is 0 Å². The number of rotatable bonds is 12. The predicted molar refractivity (Wildman–Crippen MR) is 122 cm³/mol. The minimum absolute atomic E-state index is 0.0268. The second kappa shape index (κ2) is 12.6. The smallest absolute Gasteiger partial charge is 0.242 e. The van der Waals surface area contributed by atoms with Crippen LogP contribution in [-0.2, 0) is 16.0 Å². The van der Waals surface area contributed by atoms with E-state index in [1.54, 1.807) is 18.9 Å². The molecule has 2 amide bonds. The highest BCUT2D eigenvalue weighted by molar-refractivity contribution is 5.87. The summed E-state index contributed by atoms with van der Waals surface area (Å²) in [6, 6.07) is 16.8. The first-order valence-electron chi connectivity index (χ1n) is 10.8. The molecular weight excluding hydrogens is 392 g/mol. The quantitative estimate of drug-likeness (QED) is 0.524. The molecule has 168 valence electrons. The Morgan fingerprint density at radius 2 is 1.61 bits per heavy atom. The van der Waals surface area contributed by atoms with Crippen molar-refractivity contribution in [3.05, 3.63) is 60.2 Å². The Morgan fingerprint density at radius 1 is 0.968 bits per heavy atom. The summed E-state index contributed by atoms with van der Waals surface area (Å²) in [6.45, 7) is 6.54. The van der Waals surface area contributed by atoms with Gasteiger partial charge in [-0.15, -0.1) is 0 Å². The van der Waals surface area contributed by atoms with Crippen molar-refractivity contribution in [1.29, 1.82) is 0 Å². The number of hydrogen-bond donors (Lipinski definition) is 1. The summed E-state index contributed by atoms with van der Waals surface area (Å²) in [5, 5.41) is 2.91. The zero-order valence-corrected chi connectivity index (χ0v) is 19.0. The Labute approximate surface area is 185 Å². The van der Waals surface area contributed by atoms with Crippen LogP contribution >= 0.6 is 0 Å². The third-order valence-corrected chi connectivity index (χ3v) is 4.95. The minimum Gasteiger partial charge on any atom is -0.497 e. The molecule has 0 saturated carbocycles. The highest BCUT2D eigenvalue weighted by atomic mass is 16.5. The first kappa shape index (κ1) is 24.3. The summed E-state index contributed by atoms with van der Waals surface area (Å²) in [7, 11) is 1.62. The van der Waals surface area contributed by atoms with Gasteiger partial charge in [0.2, 0.25) is 11.8 Å². The van der Waals surface area contributed by atoms with Crippen LogP contribution in [0.4, 0.5) is 0 Å². The Kier molecular flexibility index (Phi) is 9.88. The molecule has 2 rings (SSSR count). The van der Waals surface area contributed by atoms with Crippen LogP contribution in [0.25, 0.3) is 0 Å². The van der Waals surface area contributed by atoms with Crippen LogP contribution in [-0.4, -0.2) is 49.1 Å². The Bertz CT molecular complexity index is 806. The standard InChI is InChI=1S/C25H34N2O4/c1-19(2)26-25(29)20(3)27(17-16-21-9-6-5-7-10-21)24(28)11-8-18-31-23-14-12-22(30-4)13-15-23/h5-7,9-10,12-15,19-20H,8,11,16-18H2,1-4H3,(H,26,29). The van der Waals surface area contributed by atoms with Gasteiger partial charge in [0, 0.05) is 19.0 Å². The van der Waals surface area contributed by atoms with E-state index in [1.807, 2.05) is 68.4 Å². The van der Waals surface area contributed by atoms with E-state index in [0.29, 0.717) is 32.4 Å². The van der Waals surface area contributed by atoms with Crippen molar-refractivity contribution in [3.8, 4) is 11.5 Å². The predicted octanol–water partition coefficient (Wildman–Crippen LogP) is 3.84. The molecule has 1 atom stereocenters. The second-order valence-corrected chi connectivity index (χ2v) is 7.79. The van der Waals surface area contributed by atoms with Crippen molar-refractivity contribution in [1.82, 2.24) is 10.2 Å². The van der Waals surface area contributed by atoms with E-state index < -0.39 is 6.04 Å². The van der Waals surface area contributed by atoms with Crippen molar-refractivity contribution >= 4 is 11.8 Å². The molecular formula is C25H34N2O4. The molecule has 0 aliphatic heterocycles. The second-order valence-electron chi connectivity index (χ2n) is 7.79. The molecule has 31 heavy (non-hydrogen) atoms. The number of methoxy groups -OCH3 is 1. The summed E-state index contributed by atoms with van der Waals surface area (Å²) >= 11 is 0. The fourth-order valence-corrected chi connectivity index (χ4v) is 3.20. The van der Waals surface area contributed by atoms with Gasteiger partial charge in [0.15, 0.2) is 0 Å². The molecule has 6 heteroatoms. The monoisotopic (exact) mass is 426 g/mol. The largest absolute Gasteiger partial charge is 0.497 e. The van der Waals surface area contributed by atoms with Crippen LogP contribution in [0.3, 0.4) is 0 Å². The highest BCUT2D eigenvalue weighted by Gasteiger charge is 2.25. The van der Waals surface area contributed by atoms with E-state index in [-0.39, 0.29) is 17.9 Å². The molecule has 0 aliphatic carbocycles. The minimum atomic E-state index is -0.527. The maximum Gasteiger partial charge on any atom is 0.242 e. The SMILES string of the molecule is COc1ccc(OCCCC(=O)N(CCc2ccccc2)C(C)C(=O)NC(C)C)cc1. The fraction of sp³-hybridized carbons (Fsp3) is 0.440. The van der Waals surface area contributed by atoms with Crippen LogP contribution in [0.2, 0.25) is 0 Å². The molecule has 0 saturated heterocycles. The van der Waals surface area contributed by atoms with Gasteiger partial charge in [0.05, 0.1) is 13.7 Å². The van der Waals surface area contributed by atoms with Gasteiger partial charge in [-0.2, -0.15) is 0 Å². The molecule has 0 aromatic heterocycles. The van der Waals surface area contributed by atoms with Crippen LogP contribution in [0.1, 0.15) is 39.2 Å². The van der Waals surface area contributed by atoms with Gasteiger partial charge in [-0.25, -0.2) is 0 Å². The Hall–Kier alpha value is -3.02. The molecule has 2 aromatic rings. The average molecular weight is 427 g/mol. The van der Waals surface area contributed by atoms with E-state index >= 15 is 0 Å². The summed E-state index contributed by atoms with van der Waals surface area (Å²) < 4.78 is 10.9. The van der Waals surface area contributed by atoms with E-state index in [9.17, 15) is 9.59 Å². The van der Waals surface area contributed by atoms with Crippen LogP contribution in [0.5, 0.6) is 11.5 Å². The Balaban J connectivity index is 1.91. The number of carbonyl (C=O) groups excluding carboxylic acids is 2. The normalized spacial score (nSPS) is 11.6. The molecule has 1 N–H and O–H groups in total. The van der Waals surface area contributed by atoms with Crippen LogP contribution in [0.15, 0.2) is 54.6 Å². The number of nitrogens with one attached hydrogen (secondary N) is 1. The van der Waals surface area contributed by atoms with Crippen LogP contribution < -0.4 is 14.8 Å². The molecule has 0 bridgehead atoms. The average Bonchev–Trinajstić information content (AvgIpc) is 2.77. The van der Waals surface area contributed by atoms with E-state index in [4.69, 9.17) is 9.47 Å². The number of hydrogen-bond acceptors (Lipinski definition) is 4. The maximum atomic E-state index is 13.0. The zero-order chi connectivity index (χ0) is 22.6. The molecule has 0 heterocycles. The molecule has 0 fully saturated rings. The third-order valence-electron chi connectivity index (χ3n) is 4.95. The number of benzene rings is 2. The topological polar surface area (TPSA) is 67.9 Å². The van der Waals surface area contributed by atoms with Gasteiger partial charge in [-0.1, -0.05) is 30.3 Å². The summed E-state index contributed by atoms with van der Waals surface area (Å²) in [5.41, 5.74) is 1.14. The van der Waals surface area contributed by atoms with Gasteiger partial charge in [-0.3, -0.25) is 9.59 Å². The lowest BCUT2D eigenvalue weighted by Crippen LogP contribution is -2.50. The number of amides is 2. The lowest BCUT2D eigenvalue weighted by atomic mass is 10.1. The first-order chi connectivity index (χ1) is 14.9. The van der Waals surface area contributed by atoms with Gasteiger partial charge < -0.3 is 19.7 Å². The molecule has 0 radical (unpaired) electrons. The van der Waals surface area contributed by atoms with Gasteiger partial charge in [0.25, 0.3) is 0 Å². The summed E-state index contributed by atoms with van der Waals surface area (Å²) in [6.07, 6.45) is 1.60. The first-order valence-corrected chi connectivity index (χ1v) is 10.8. The van der Waals surface area contributed by atoms with Crippen molar-refractivity contribution in [2.45, 2.75) is 52.1 Å². The fourth-order valence-electron chi connectivity index (χ4n) is 3.20. The summed E-state index contributed by atoms with van der Waals surface area (Å²) in [5.74, 6) is 1.33. The lowest BCUT2D eigenvalue weighted by molar-refractivity contribution is -0.140. The van der Waals surface area contributed by atoms with Gasteiger partial charge >= 0.3 is 0 Å². The van der Waals surface area contributed by atoms with Crippen molar-refractivity contribution in [3.63, 3.8) is 0 Å². The zero-order valence-electron chi connectivity index (χ0n) is 19.0. The van der Waals surface area contributed by atoms with Gasteiger partial charge in [0.1, 0.15) is 17.5 Å². The lowest BCUT2D eigenvalue weighted by Gasteiger charge is -2.29. The molecule has 0 spiro atoms. The number of nitrogens with zero attached hydrogens (tertiary/aromatic N) is 1. The molecule has 1 unspecified atom stereocenters. The van der Waals surface area contributed by atoms with Gasteiger partial charge in [-0.05, 0) is 63.4 Å².